The molecule has 2 rings (SSSR count). The highest BCUT2D eigenvalue weighted by molar-refractivity contribution is 5.91. The number of amides is 1. The second-order valence-corrected chi connectivity index (χ2v) is 6.68. The van der Waals surface area contributed by atoms with Gasteiger partial charge in [-0.25, -0.2) is 28.1 Å². The van der Waals surface area contributed by atoms with Gasteiger partial charge >= 0.3 is 17.1 Å². The van der Waals surface area contributed by atoms with Crippen LogP contribution in [0.4, 0.5) is 5.69 Å². The molecule has 2 aromatic rings. The van der Waals surface area contributed by atoms with Gasteiger partial charge in [-0.15, -0.1) is 13.2 Å². The lowest BCUT2D eigenvalue weighted by Gasteiger charge is -2.16. The summed E-state index contributed by atoms with van der Waals surface area (Å²) in [6.07, 6.45) is 3.64. The zero-order chi connectivity index (χ0) is 21.6. The Labute approximate surface area is 168 Å². The molecule has 0 unspecified atom stereocenters. The van der Waals surface area contributed by atoms with Crippen molar-refractivity contribution in [1.29, 1.82) is 0 Å². The van der Waals surface area contributed by atoms with Crippen molar-refractivity contribution in [3.05, 3.63) is 86.6 Å². The Bertz CT molecular complexity index is 1040. The van der Waals surface area contributed by atoms with Gasteiger partial charge in [-0.05, 0) is 24.0 Å². The van der Waals surface area contributed by atoms with Crippen LogP contribution < -0.4 is 22.4 Å². The molecule has 0 fully saturated rings. The van der Waals surface area contributed by atoms with Crippen molar-refractivity contribution in [2.75, 3.05) is 5.32 Å². The number of para-hydroxylation sites is 1. The Morgan fingerprint density at radius 3 is 2.03 bits per heavy atom. The third-order valence-corrected chi connectivity index (χ3v) is 4.69. The fourth-order valence-corrected chi connectivity index (χ4v) is 2.98. The maximum absolute atomic E-state index is 12.6. The van der Waals surface area contributed by atoms with Crippen LogP contribution in [0.5, 0.6) is 0 Å². The number of aromatic nitrogens is 3. The van der Waals surface area contributed by atoms with Crippen LogP contribution in [-0.4, -0.2) is 19.6 Å². The molecule has 0 aliphatic carbocycles. The van der Waals surface area contributed by atoms with Crippen LogP contribution >= 0.6 is 0 Å². The molecule has 1 atom stereocenters. The molecular formula is C21H26N4O4. The maximum Gasteiger partial charge on any atom is 0.337 e. The highest BCUT2D eigenvalue weighted by atomic mass is 16.2. The van der Waals surface area contributed by atoms with Crippen molar-refractivity contribution < 1.29 is 4.79 Å². The summed E-state index contributed by atoms with van der Waals surface area (Å²) in [5.41, 5.74) is -0.878. The van der Waals surface area contributed by atoms with Gasteiger partial charge in [-0.1, -0.05) is 44.2 Å². The smallest absolute Gasteiger partial charge is 0.324 e. The molecule has 0 aliphatic rings. The van der Waals surface area contributed by atoms with E-state index in [2.05, 4.69) is 25.4 Å². The van der Waals surface area contributed by atoms with Crippen LogP contribution in [0, 0.1) is 0 Å². The SMILES string of the molecule is C=CCn1c(=O)n(CC=C)c(=O)n(CC(=O)Nc2ccccc2[C@@H](C)CC)c1=O. The monoisotopic (exact) mass is 398 g/mol. The van der Waals surface area contributed by atoms with Crippen LogP contribution in [0.25, 0.3) is 0 Å². The average Bonchev–Trinajstić information content (AvgIpc) is 2.71. The number of carbonyl (C=O) groups is 1. The average molecular weight is 398 g/mol. The van der Waals surface area contributed by atoms with Crippen LogP contribution in [0.2, 0.25) is 0 Å². The molecule has 0 spiro atoms. The number of benzene rings is 1. The molecule has 0 aliphatic heterocycles. The van der Waals surface area contributed by atoms with Gasteiger partial charge in [0, 0.05) is 5.69 Å². The standard InChI is InChI=1S/C21H26N4O4/c1-5-12-23-19(27)24(13-6-2)21(29)25(20(23)28)14-18(26)22-17-11-9-8-10-16(17)15(4)7-3/h5-6,8-11,15H,1-2,7,12-14H2,3-4H3,(H,22,26)/t15-/m0/s1. The highest BCUT2D eigenvalue weighted by Gasteiger charge is 2.17. The number of rotatable bonds is 9. The topological polar surface area (TPSA) is 95.1 Å². The first-order valence-electron chi connectivity index (χ1n) is 9.40. The lowest BCUT2D eigenvalue weighted by Crippen LogP contribution is -2.55. The van der Waals surface area contributed by atoms with Gasteiger partial charge in [-0.3, -0.25) is 4.79 Å². The molecule has 154 valence electrons. The Morgan fingerprint density at radius 1 is 1.00 bits per heavy atom. The van der Waals surface area contributed by atoms with Crippen LogP contribution in [0.15, 0.2) is 64.0 Å². The number of hydrogen-bond donors (Lipinski definition) is 1. The number of allylic oxidation sites excluding steroid dienone is 2. The van der Waals surface area contributed by atoms with Gasteiger partial charge in [0.05, 0.1) is 13.1 Å². The molecule has 8 heteroatoms. The number of hydrogen-bond acceptors (Lipinski definition) is 4. The van der Waals surface area contributed by atoms with E-state index < -0.39 is 29.5 Å². The summed E-state index contributed by atoms with van der Waals surface area (Å²) >= 11 is 0. The van der Waals surface area contributed by atoms with Crippen LogP contribution in [0.1, 0.15) is 31.7 Å². The molecule has 8 nitrogen and oxygen atoms in total. The van der Waals surface area contributed by atoms with Crippen LogP contribution in [0.3, 0.4) is 0 Å². The van der Waals surface area contributed by atoms with Crippen molar-refractivity contribution in [1.82, 2.24) is 13.7 Å². The van der Waals surface area contributed by atoms with Gasteiger partial charge in [-0.2, -0.15) is 0 Å². The summed E-state index contributed by atoms with van der Waals surface area (Å²) < 4.78 is 2.46. The summed E-state index contributed by atoms with van der Waals surface area (Å²) in [5.74, 6) is -0.303. The molecule has 1 aromatic heterocycles. The molecule has 29 heavy (non-hydrogen) atoms. The van der Waals surface area contributed by atoms with Crippen molar-refractivity contribution in [3.63, 3.8) is 0 Å². The van der Waals surface area contributed by atoms with E-state index in [1.165, 1.54) is 12.2 Å². The Kier molecular flexibility index (Phi) is 7.30. The maximum atomic E-state index is 12.6. The van der Waals surface area contributed by atoms with E-state index in [4.69, 9.17) is 0 Å². The molecule has 1 N–H and O–H groups in total. The van der Waals surface area contributed by atoms with E-state index >= 15 is 0 Å². The van der Waals surface area contributed by atoms with E-state index in [0.29, 0.717) is 5.69 Å². The Hall–Kier alpha value is -3.42. The molecule has 0 bridgehead atoms. The van der Waals surface area contributed by atoms with E-state index in [9.17, 15) is 19.2 Å². The largest absolute Gasteiger partial charge is 0.337 e. The Morgan fingerprint density at radius 2 is 1.52 bits per heavy atom. The van der Waals surface area contributed by atoms with E-state index in [1.807, 2.05) is 19.1 Å². The second-order valence-electron chi connectivity index (χ2n) is 6.68. The van der Waals surface area contributed by atoms with E-state index in [1.54, 1.807) is 12.1 Å². The van der Waals surface area contributed by atoms with Gasteiger partial charge in [0.2, 0.25) is 5.91 Å². The molecule has 0 saturated carbocycles. The summed E-state index contributed by atoms with van der Waals surface area (Å²) in [7, 11) is 0. The van der Waals surface area contributed by atoms with Crippen molar-refractivity contribution >= 4 is 11.6 Å². The van der Waals surface area contributed by atoms with Crippen molar-refractivity contribution in [2.45, 2.75) is 45.8 Å². The number of nitrogens with zero attached hydrogens (tertiary/aromatic N) is 3. The van der Waals surface area contributed by atoms with E-state index in [-0.39, 0.29) is 19.0 Å². The molecule has 1 heterocycles. The minimum atomic E-state index is -0.856. The van der Waals surface area contributed by atoms with Gasteiger partial charge in [0.25, 0.3) is 0 Å². The first-order chi connectivity index (χ1) is 13.8. The first kappa shape index (κ1) is 21.9. The number of anilines is 1. The summed E-state index contributed by atoms with van der Waals surface area (Å²) in [4.78, 5) is 50.3. The lowest BCUT2D eigenvalue weighted by atomic mass is 9.97. The molecule has 0 radical (unpaired) electrons. The third kappa shape index (κ3) is 4.71. The van der Waals surface area contributed by atoms with Crippen LogP contribution in [-0.2, 0) is 24.4 Å². The fraction of sp³-hybridized carbons (Fsp3) is 0.333. The van der Waals surface area contributed by atoms with Gasteiger partial charge in [0.1, 0.15) is 6.54 Å². The number of nitrogens with one attached hydrogen (secondary N) is 1. The predicted octanol–water partition coefficient (Wildman–Crippen LogP) is 1.70. The normalized spacial score (nSPS) is 11.7. The minimum Gasteiger partial charge on any atom is -0.324 e. The van der Waals surface area contributed by atoms with Crippen molar-refractivity contribution in [3.8, 4) is 0 Å². The lowest BCUT2D eigenvalue weighted by molar-refractivity contribution is -0.116. The summed E-state index contributed by atoms with van der Waals surface area (Å²) in [6, 6.07) is 7.39. The van der Waals surface area contributed by atoms with Gasteiger partial charge < -0.3 is 5.32 Å². The fourth-order valence-electron chi connectivity index (χ4n) is 2.98. The quantitative estimate of drug-likeness (QED) is 0.651. The minimum absolute atomic E-state index is 0.0758. The summed E-state index contributed by atoms with van der Waals surface area (Å²) in [5, 5.41) is 2.77. The zero-order valence-corrected chi connectivity index (χ0v) is 16.8. The summed E-state index contributed by atoms with van der Waals surface area (Å²) in [6.45, 7) is 10.5. The highest BCUT2D eigenvalue weighted by Crippen LogP contribution is 2.26. The third-order valence-electron chi connectivity index (χ3n) is 4.69. The van der Waals surface area contributed by atoms with E-state index in [0.717, 1.165) is 25.7 Å². The zero-order valence-electron chi connectivity index (χ0n) is 16.8. The second kappa shape index (κ2) is 9.68. The Balaban J connectivity index is 2.44. The first-order valence-corrected chi connectivity index (χ1v) is 9.40. The molecule has 1 amide bonds. The van der Waals surface area contributed by atoms with Gasteiger partial charge in [0.15, 0.2) is 0 Å². The number of carbonyl (C=O) groups excluding carboxylic acids is 1. The molecule has 1 aromatic carbocycles. The molecule has 0 saturated heterocycles. The van der Waals surface area contributed by atoms with Crippen molar-refractivity contribution in [2.24, 2.45) is 0 Å². The predicted molar refractivity (Wildman–Crippen MR) is 113 cm³/mol. The molecular weight excluding hydrogens is 372 g/mol.